The highest BCUT2D eigenvalue weighted by atomic mass is 35.5. The van der Waals surface area contributed by atoms with E-state index in [1.165, 1.54) is 11.1 Å². The van der Waals surface area contributed by atoms with Crippen molar-refractivity contribution in [2.75, 3.05) is 24.4 Å². The summed E-state index contributed by atoms with van der Waals surface area (Å²) in [5, 5.41) is 3.24. The lowest BCUT2D eigenvalue weighted by atomic mass is 10.0. The first-order valence-electron chi connectivity index (χ1n) is 7.78. The lowest BCUT2D eigenvalue weighted by Gasteiger charge is -2.19. The van der Waals surface area contributed by atoms with Crippen molar-refractivity contribution >= 4 is 29.2 Å². The molecule has 1 rings (SSSR count). The number of nitrogens with one attached hydrogen (secondary N) is 1. The summed E-state index contributed by atoms with van der Waals surface area (Å²) in [5.41, 5.74) is 3.33. The van der Waals surface area contributed by atoms with Gasteiger partial charge >= 0.3 is 11.9 Å². The summed E-state index contributed by atoms with van der Waals surface area (Å²) in [5.74, 6) is -1.13. The van der Waals surface area contributed by atoms with Crippen LogP contribution >= 0.6 is 11.6 Å². The zero-order chi connectivity index (χ0) is 17.2. The number of alkyl halides is 1. The Morgan fingerprint density at radius 2 is 1.70 bits per heavy atom. The van der Waals surface area contributed by atoms with Crippen LogP contribution in [-0.2, 0) is 31.9 Å². The zero-order valence-electron chi connectivity index (χ0n) is 13.9. The fourth-order valence-electron chi connectivity index (χ4n) is 2.16. The molecule has 1 N–H and O–H groups in total. The number of ether oxygens (including phenoxy) is 2. The standard InChI is InChI=1S/C17H24ClNO4/c1-4-13-7-6-8-14(5-2)16(13)19-12(3)17(21)23-10-9-22-15(20)11-18/h6-8,12,19H,4-5,9-11H2,1-3H3. The molecule has 0 aromatic heterocycles. The van der Waals surface area contributed by atoms with E-state index in [0.29, 0.717) is 0 Å². The minimum Gasteiger partial charge on any atom is -0.461 e. The molecule has 6 heteroatoms. The van der Waals surface area contributed by atoms with Crippen LogP contribution in [0.2, 0.25) is 0 Å². The highest BCUT2D eigenvalue weighted by Crippen LogP contribution is 2.23. The first-order chi connectivity index (χ1) is 11.0. The smallest absolute Gasteiger partial charge is 0.328 e. The molecule has 0 bridgehead atoms. The van der Waals surface area contributed by atoms with Crippen molar-refractivity contribution < 1.29 is 19.1 Å². The summed E-state index contributed by atoms with van der Waals surface area (Å²) in [6, 6.07) is 5.63. The molecule has 0 aliphatic heterocycles. The normalized spacial score (nSPS) is 11.7. The molecular formula is C17H24ClNO4. The maximum absolute atomic E-state index is 12.0. The minimum absolute atomic E-state index is 0.00969. The van der Waals surface area contributed by atoms with Crippen LogP contribution in [0.5, 0.6) is 0 Å². The van der Waals surface area contributed by atoms with Gasteiger partial charge in [0, 0.05) is 5.69 Å². The highest BCUT2D eigenvalue weighted by Gasteiger charge is 2.17. The van der Waals surface area contributed by atoms with E-state index >= 15 is 0 Å². The van der Waals surface area contributed by atoms with Gasteiger partial charge in [0.1, 0.15) is 25.1 Å². The number of carbonyl (C=O) groups excluding carboxylic acids is 2. The second-order valence-electron chi connectivity index (χ2n) is 5.05. The van der Waals surface area contributed by atoms with Gasteiger partial charge in [-0.2, -0.15) is 0 Å². The van der Waals surface area contributed by atoms with Crippen molar-refractivity contribution in [2.45, 2.75) is 39.7 Å². The predicted octanol–water partition coefficient (Wildman–Crippen LogP) is 2.94. The molecule has 1 atom stereocenters. The molecule has 0 aliphatic rings. The van der Waals surface area contributed by atoms with Crippen molar-refractivity contribution in [3.63, 3.8) is 0 Å². The fourth-order valence-corrected chi connectivity index (χ4v) is 2.24. The van der Waals surface area contributed by atoms with Gasteiger partial charge < -0.3 is 14.8 Å². The Labute approximate surface area is 142 Å². The maximum Gasteiger partial charge on any atom is 0.328 e. The number of anilines is 1. The van der Waals surface area contributed by atoms with E-state index in [2.05, 4.69) is 19.2 Å². The summed E-state index contributed by atoms with van der Waals surface area (Å²) in [6.07, 6.45) is 1.76. The Kier molecular flexibility index (Phi) is 8.48. The summed E-state index contributed by atoms with van der Waals surface area (Å²) >= 11 is 5.30. The van der Waals surface area contributed by atoms with Gasteiger partial charge in [-0.15, -0.1) is 11.6 Å². The van der Waals surface area contributed by atoms with Gasteiger partial charge in [-0.05, 0) is 30.9 Å². The third kappa shape index (κ3) is 6.10. The van der Waals surface area contributed by atoms with Crippen molar-refractivity contribution in [1.29, 1.82) is 0 Å². The average Bonchev–Trinajstić information content (AvgIpc) is 2.58. The van der Waals surface area contributed by atoms with E-state index in [4.69, 9.17) is 21.1 Å². The van der Waals surface area contributed by atoms with Gasteiger partial charge in [-0.25, -0.2) is 4.79 Å². The zero-order valence-corrected chi connectivity index (χ0v) is 14.6. The summed E-state index contributed by atoms with van der Waals surface area (Å²) in [4.78, 5) is 22.9. The molecule has 0 saturated heterocycles. The van der Waals surface area contributed by atoms with Crippen LogP contribution < -0.4 is 5.32 Å². The molecule has 5 nitrogen and oxygen atoms in total. The van der Waals surface area contributed by atoms with Crippen LogP contribution in [-0.4, -0.2) is 37.1 Å². The number of rotatable bonds is 9. The number of benzene rings is 1. The highest BCUT2D eigenvalue weighted by molar-refractivity contribution is 6.26. The van der Waals surface area contributed by atoms with Crippen molar-refractivity contribution in [3.8, 4) is 0 Å². The summed E-state index contributed by atoms with van der Waals surface area (Å²) in [7, 11) is 0. The fraction of sp³-hybridized carbons (Fsp3) is 0.529. The Bertz CT molecular complexity index is 511. The topological polar surface area (TPSA) is 64.6 Å². The molecule has 0 spiro atoms. The predicted molar refractivity (Wildman–Crippen MR) is 90.9 cm³/mol. The quantitative estimate of drug-likeness (QED) is 0.425. The van der Waals surface area contributed by atoms with Crippen LogP contribution in [0.1, 0.15) is 31.9 Å². The number of aryl methyl sites for hydroxylation is 2. The third-order valence-corrected chi connectivity index (χ3v) is 3.63. The van der Waals surface area contributed by atoms with Crippen molar-refractivity contribution in [2.24, 2.45) is 0 Å². The van der Waals surface area contributed by atoms with Gasteiger partial charge in [-0.3, -0.25) is 4.79 Å². The minimum atomic E-state index is -0.529. The van der Waals surface area contributed by atoms with Gasteiger partial charge in [0.25, 0.3) is 0 Å². The van der Waals surface area contributed by atoms with Crippen LogP contribution in [0.4, 0.5) is 5.69 Å². The van der Waals surface area contributed by atoms with Gasteiger partial charge in [-0.1, -0.05) is 32.0 Å². The summed E-state index contributed by atoms with van der Waals surface area (Å²) in [6.45, 7) is 5.93. The third-order valence-electron chi connectivity index (χ3n) is 3.41. The summed E-state index contributed by atoms with van der Waals surface area (Å²) < 4.78 is 9.84. The first kappa shape index (κ1) is 19.3. The molecule has 1 aromatic rings. The van der Waals surface area contributed by atoms with Gasteiger partial charge in [0.05, 0.1) is 0 Å². The molecule has 0 saturated carbocycles. The number of carbonyl (C=O) groups is 2. The lowest BCUT2D eigenvalue weighted by Crippen LogP contribution is -2.30. The lowest BCUT2D eigenvalue weighted by molar-refractivity contribution is -0.151. The Balaban J connectivity index is 2.57. The largest absolute Gasteiger partial charge is 0.461 e. The number of hydrogen-bond acceptors (Lipinski definition) is 5. The van der Waals surface area contributed by atoms with E-state index in [9.17, 15) is 9.59 Å². The van der Waals surface area contributed by atoms with Crippen LogP contribution in [0.15, 0.2) is 18.2 Å². The molecule has 0 amide bonds. The molecule has 0 fully saturated rings. The Hall–Kier alpha value is -1.75. The molecule has 128 valence electrons. The van der Waals surface area contributed by atoms with E-state index < -0.39 is 12.0 Å². The van der Waals surface area contributed by atoms with E-state index in [1.807, 2.05) is 18.2 Å². The maximum atomic E-state index is 12.0. The number of hydrogen-bond donors (Lipinski definition) is 1. The first-order valence-corrected chi connectivity index (χ1v) is 8.32. The average molecular weight is 342 g/mol. The van der Waals surface area contributed by atoms with E-state index in [-0.39, 0.29) is 25.1 Å². The Morgan fingerprint density at radius 3 is 2.22 bits per heavy atom. The molecule has 1 unspecified atom stereocenters. The van der Waals surface area contributed by atoms with Crippen molar-refractivity contribution in [3.05, 3.63) is 29.3 Å². The molecule has 23 heavy (non-hydrogen) atoms. The molecule has 0 aliphatic carbocycles. The Morgan fingerprint density at radius 1 is 1.13 bits per heavy atom. The second-order valence-corrected chi connectivity index (χ2v) is 5.31. The van der Waals surface area contributed by atoms with Crippen LogP contribution in [0.25, 0.3) is 0 Å². The monoisotopic (exact) mass is 341 g/mol. The molecular weight excluding hydrogens is 318 g/mol. The van der Waals surface area contributed by atoms with E-state index in [1.54, 1.807) is 6.92 Å². The van der Waals surface area contributed by atoms with Crippen LogP contribution in [0.3, 0.4) is 0 Å². The number of halogens is 1. The molecule has 0 radical (unpaired) electrons. The number of para-hydroxylation sites is 1. The van der Waals surface area contributed by atoms with Gasteiger partial charge in [0.2, 0.25) is 0 Å². The van der Waals surface area contributed by atoms with Crippen molar-refractivity contribution in [1.82, 2.24) is 0 Å². The SMILES string of the molecule is CCc1cccc(CC)c1NC(C)C(=O)OCCOC(=O)CCl. The second kappa shape index (κ2) is 10.1. The van der Waals surface area contributed by atoms with E-state index in [0.717, 1.165) is 18.5 Å². The van der Waals surface area contributed by atoms with Gasteiger partial charge in [0.15, 0.2) is 0 Å². The molecule has 1 aromatic carbocycles. The molecule has 0 heterocycles. The van der Waals surface area contributed by atoms with Crippen LogP contribution in [0, 0.1) is 0 Å². The number of esters is 2.